The van der Waals surface area contributed by atoms with E-state index in [1.807, 2.05) is 24.3 Å². The fourth-order valence-electron chi connectivity index (χ4n) is 2.31. The second-order valence-electron chi connectivity index (χ2n) is 5.72. The van der Waals surface area contributed by atoms with Crippen molar-refractivity contribution in [2.45, 2.75) is 46.5 Å². The lowest BCUT2D eigenvalue weighted by Gasteiger charge is -2.18. The van der Waals surface area contributed by atoms with Crippen molar-refractivity contribution in [3.8, 4) is 5.75 Å². The van der Waals surface area contributed by atoms with Crippen molar-refractivity contribution in [1.82, 2.24) is 4.90 Å². The van der Waals surface area contributed by atoms with Crippen LogP contribution in [0, 0.1) is 0 Å². The van der Waals surface area contributed by atoms with Crippen LogP contribution in [0.5, 0.6) is 5.75 Å². The molecule has 1 aromatic rings. The number of ether oxygens (including phenoxy) is 2. The highest BCUT2D eigenvalue weighted by atomic mass is 16.5. The average Bonchev–Trinajstić information content (AvgIpc) is 2.60. The Morgan fingerprint density at radius 2 is 1.71 bits per heavy atom. The molecule has 5 nitrogen and oxygen atoms in total. The summed E-state index contributed by atoms with van der Waals surface area (Å²) < 4.78 is 10.9. The average molecular weight is 336 g/mol. The molecule has 5 heteroatoms. The highest BCUT2D eigenvalue weighted by molar-refractivity contribution is 5.84. The van der Waals surface area contributed by atoms with Gasteiger partial charge in [0.1, 0.15) is 12.4 Å². The van der Waals surface area contributed by atoms with Gasteiger partial charge < -0.3 is 14.4 Å². The molecule has 0 saturated heterocycles. The van der Waals surface area contributed by atoms with Gasteiger partial charge in [0.25, 0.3) is 0 Å². The highest BCUT2D eigenvalue weighted by Gasteiger charge is 2.04. The van der Waals surface area contributed by atoms with Crippen LogP contribution in [0.3, 0.4) is 0 Å². The summed E-state index contributed by atoms with van der Waals surface area (Å²) in [5.74, 6) is 0.806. The lowest BCUT2D eigenvalue weighted by Crippen LogP contribution is -2.27. The van der Waals surface area contributed by atoms with Crippen LogP contribution in [-0.4, -0.2) is 43.8 Å². The molecule has 0 aromatic heterocycles. The molecule has 0 bridgehead atoms. The monoisotopic (exact) mass is 336 g/mol. The number of rotatable bonds is 12. The van der Waals surface area contributed by atoms with Crippen molar-refractivity contribution in [3.05, 3.63) is 24.3 Å². The number of unbranched alkanes of at least 4 members (excludes halogenated alkanes) is 3. The van der Waals surface area contributed by atoms with Crippen molar-refractivity contribution >= 4 is 11.8 Å². The molecule has 0 aliphatic rings. The first-order valence-electron chi connectivity index (χ1n) is 9.08. The largest absolute Gasteiger partial charge is 0.492 e. The number of carbonyl (C=O) groups excluding carboxylic acids is 1. The maximum absolute atomic E-state index is 11.7. The first kappa shape index (κ1) is 20.3. The van der Waals surface area contributed by atoms with E-state index in [1.54, 1.807) is 0 Å². The fourth-order valence-corrected chi connectivity index (χ4v) is 2.31. The summed E-state index contributed by atoms with van der Waals surface area (Å²) in [6.07, 6.45) is 3.97. The minimum absolute atomic E-state index is 0.401. The third-order valence-corrected chi connectivity index (χ3v) is 3.90. The lowest BCUT2D eigenvalue weighted by molar-refractivity contribution is 0.159. The predicted molar refractivity (Wildman–Crippen MR) is 98.8 cm³/mol. The Hall–Kier alpha value is -1.75. The molecule has 136 valence electrons. The Bertz CT molecular complexity index is 444. The summed E-state index contributed by atoms with van der Waals surface area (Å²) >= 11 is 0. The molecule has 1 rings (SSSR count). The third-order valence-electron chi connectivity index (χ3n) is 3.90. The van der Waals surface area contributed by atoms with Gasteiger partial charge in [0.2, 0.25) is 0 Å². The molecule has 0 atom stereocenters. The van der Waals surface area contributed by atoms with Gasteiger partial charge in [0.05, 0.1) is 6.61 Å². The lowest BCUT2D eigenvalue weighted by atomic mass is 10.2. The summed E-state index contributed by atoms with van der Waals surface area (Å²) in [7, 11) is 0. The molecule has 0 heterocycles. The summed E-state index contributed by atoms with van der Waals surface area (Å²) in [6.45, 7) is 10.6. The number of benzene rings is 1. The van der Waals surface area contributed by atoms with Crippen LogP contribution < -0.4 is 10.1 Å². The topological polar surface area (TPSA) is 50.8 Å². The Morgan fingerprint density at radius 1 is 1.00 bits per heavy atom. The van der Waals surface area contributed by atoms with Crippen LogP contribution in [0.15, 0.2) is 24.3 Å². The minimum Gasteiger partial charge on any atom is -0.492 e. The zero-order chi connectivity index (χ0) is 17.6. The van der Waals surface area contributed by atoms with Crippen LogP contribution in [0.25, 0.3) is 0 Å². The number of anilines is 1. The molecule has 0 aliphatic heterocycles. The molecule has 0 radical (unpaired) electrons. The molecule has 0 saturated carbocycles. The first-order chi connectivity index (χ1) is 11.7. The van der Waals surface area contributed by atoms with Gasteiger partial charge in [-0.2, -0.15) is 0 Å². The number of hydrogen-bond acceptors (Lipinski definition) is 4. The highest BCUT2D eigenvalue weighted by Crippen LogP contribution is 2.16. The van der Waals surface area contributed by atoms with E-state index in [1.165, 1.54) is 12.8 Å². The zero-order valence-corrected chi connectivity index (χ0v) is 15.3. The summed E-state index contributed by atoms with van der Waals surface area (Å²) in [6, 6.07) is 7.37. The van der Waals surface area contributed by atoms with Crippen molar-refractivity contribution in [3.63, 3.8) is 0 Å². The van der Waals surface area contributed by atoms with Crippen LogP contribution in [-0.2, 0) is 4.74 Å². The number of amides is 1. The van der Waals surface area contributed by atoms with Gasteiger partial charge in [0, 0.05) is 12.2 Å². The molecule has 1 N–H and O–H groups in total. The van der Waals surface area contributed by atoms with E-state index in [2.05, 4.69) is 31.0 Å². The fraction of sp³-hybridized carbons (Fsp3) is 0.632. The number of carbonyl (C=O) groups is 1. The SMILES string of the molecule is CCCCCCOC(=O)Nc1ccc(OCCN(CC)CC)cc1. The molecule has 1 amide bonds. The standard InChI is InChI=1S/C19H32N2O3/c1-4-7-8-9-15-24-19(22)20-17-10-12-18(13-11-17)23-16-14-21(5-2)6-3/h10-13H,4-9,14-16H2,1-3H3,(H,20,22). The van der Waals surface area contributed by atoms with Crippen molar-refractivity contribution in [2.24, 2.45) is 0 Å². The zero-order valence-electron chi connectivity index (χ0n) is 15.3. The Balaban J connectivity index is 2.25. The van der Waals surface area contributed by atoms with E-state index in [-0.39, 0.29) is 0 Å². The molecular weight excluding hydrogens is 304 g/mol. The van der Waals surface area contributed by atoms with Crippen molar-refractivity contribution in [2.75, 3.05) is 38.2 Å². The number of hydrogen-bond donors (Lipinski definition) is 1. The van der Waals surface area contributed by atoms with Gasteiger partial charge in [-0.05, 0) is 43.8 Å². The van der Waals surface area contributed by atoms with E-state index in [4.69, 9.17) is 9.47 Å². The van der Waals surface area contributed by atoms with Gasteiger partial charge in [-0.3, -0.25) is 5.32 Å². The van der Waals surface area contributed by atoms with Gasteiger partial charge in [-0.15, -0.1) is 0 Å². The number of nitrogens with one attached hydrogen (secondary N) is 1. The molecule has 0 aliphatic carbocycles. The number of nitrogens with zero attached hydrogens (tertiary/aromatic N) is 1. The van der Waals surface area contributed by atoms with Gasteiger partial charge in [-0.25, -0.2) is 4.79 Å². The maximum Gasteiger partial charge on any atom is 0.411 e. The molecule has 24 heavy (non-hydrogen) atoms. The normalized spacial score (nSPS) is 10.7. The molecule has 0 fully saturated rings. The quantitative estimate of drug-likeness (QED) is 0.570. The summed E-state index contributed by atoms with van der Waals surface area (Å²) in [4.78, 5) is 14.0. The molecule has 0 spiro atoms. The second-order valence-corrected chi connectivity index (χ2v) is 5.72. The van der Waals surface area contributed by atoms with E-state index in [9.17, 15) is 4.79 Å². The Labute approximate surface area is 146 Å². The third kappa shape index (κ3) is 8.77. The molecule has 1 aromatic carbocycles. The second kappa shape index (κ2) is 12.6. The van der Waals surface area contributed by atoms with Crippen LogP contribution in [0.2, 0.25) is 0 Å². The minimum atomic E-state index is -0.401. The van der Waals surface area contributed by atoms with Gasteiger partial charge in [0.15, 0.2) is 0 Å². The van der Waals surface area contributed by atoms with Crippen LogP contribution in [0.1, 0.15) is 46.5 Å². The first-order valence-corrected chi connectivity index (χ1v) is 9.08. The number of likely N-dealkylation sites (N-methyl/N-ethyl adjacent to an activating group) is 1. The Kier molecular flexibility index (Phi) is 10.7. The van der Waals surface area contributed by atoms with E-state index in [0.717, 1.165) is 38.2 Å². The summed E-state index contributed by atoms with van der Waals surface area (Å²) in [5, 5.41) is 2.73. The summed E-state index contributed by atoms with van der Waals surface area (Å²) in [5.41, 5.74) is 0.713. The van der Waals surface area contributed by atoms with Gasteiger partial charge >= 0.3 is 6.09 Å². The van der Waals surface area contributed by atoms with E-state index < -0.39 is 6.09 Å². The van der Waals surface area contributed by atoms with Gasteiger partial charge in [-0.1, -0.05) is 40.0 Å². The van der Waals surface area contributed by atoms with Crippen LogP contribution in [0.4, 0.5) is 10.5 Å². The Morgan fingerprint density at radius 3 is 2.33 bits per heavy atom. The molecular formula is C19H32N2O3. The van der Waals surface area contributed by atoms with E-state index >= 15 is 0 Å². The maximum atomic E-state index is 11.7. The van der Waals surface area contributed by atoms with E-state index in [0.29, 0.717) is 18.9 Å². The molecule has 0 unspecified atom stereocenters. The van der Waals surface area contributed by atoms with Crippen molar-refractivity contribution in [1.29, 1.82) is 0 Å². The van der Waals surface area contributed by atoms with Crippen LogP contribution >= 0.6 is 0 Å². The smallest absolute Gasteiger partial charge is 0.411 e. The predicted octanol–water partition coefficient (Wildman–Crippen LogP) is 4.54. The van der Waals surface area contributed by atoms with Crippen molar-refractivity contribution < 1.29 is 14.3 Å².